The van der Waals surface area contributed by atoms with Gasteiger partial charge in [-0.15, -0.1) is 0 Å². The number of fused-ring (bicyclic) bond motifs is 1. The second-order valence-electron chi connectivity index (χ2n) is 9.68. The first-order valence-corrected chi connectivity index (χ1v) is 12.6. The van der Waals surface area contributed by atoms with Gasteiger partial charge in [0.15, 0.2) is 0 Å². The number of carbonyl (C=O) groups is 2. The molecular weight excluding hydrogens is 504 g/mol. The van der Waals surface area contributed by atoms with Gasteiger partial charge in [0.25, 0.3) is 5.56 Å². The van der Waals surface area contributed by atoms with Gasteiger partial charge in [0, 0.05) is 0 Å². The van der Waals surface area contributed by atoms with Crippen LogP contribution in [0.25, 0.3) is 22.0 Å². The minimum atomic E-state index is -0.915. The number of halogens is 2. The zero-order chi connectivity index (χ0) is 28.1. The van der Waals surface area contributed by atoms with Gasteiger partial charge in [-0.25, -0.2) is 13.8 Å². The summed E-state index contributed by atoms with van der Waals surface area (Å²) in [6, 6.07) is 15.0. The number of hydrogen-bond acceptors (Lipinski definition) is 5. The molecule has 2 atom stereocenters. The standard InChI is InChI=1S/C30H29F2N3O4/c1-18(2)14-26(35-17-33-24-13-5-4-10-21(24)30(35)38)29(37)34-25(16-27(36)39-3)19-8-6-9-20(15-19)28-22(31)11-7-12-23(28)32/h4-13,15,17-18,25-26H,14,16H2,1-3H3,(H,34,37). The normalized spacial score (nSPS) is 12.8. The summed E-state index contributed by atoms with van der Waals surface area (Å²) in [5, 5.41) is 3.25. The largest absolute Gasteiger partial charge is 0.469 e. The van der Waals surface area contributed by atoms with Gasteiger partial charge >= 0.3 is 5.97 Å². The summed E-state index contributed by atoms with van der Waals surface area (Å²) in [6.07, 6.45) is 1.45. The summed E-state index contributed by atoms with van der Waals surface area (Å²) in [7, 11) is 1.23. The summed E-state index contributed by atoms with van der Waals surface area (Å²) < 4.78 is 35.1. The van der Waals surface area contributed by atoms with Crippen molar-refractivity contribution in [3.8, 4) is 11.1 Å². The predicted molar refractivity (Wildman–Crippen MR) is 144 cm³/mol. The number of methoxy groups -OCH3 is 1. The third-order valence-corrected chi connectivity index (χ3v) is 6.48. The average Bonchev–Trinajstić information content (AvgIpc) is 2.92. The van der Waals surface area contributed by atoms with Crippen LogP contribution in [0.3, 0.4) is 0 Å². The molecule has 39 heavy (non-hydrogen) atoms. The van der Waals surface area contributed by atoms with Gasteiger partial charge in [-0.2, -0.15) is 0 Å². The topological polar surface area (TPSA) is 90.3 Å². The lowest BCUT2D eigenvalue weighted by Crippen LogP contribution is -2.40. The number of aromatic nitrogens is 2. The van der Waals surface area contributed by atoms with Crippen LogP contribution in [-0.2, 0) is 14.3 Å². The third kappa shape index (κ3) is 6.19. The zero-order valence-corrected chi connectivity index (χ0v) is 21.9. The monoisotopic (exact) mass is 533 g/mol. The molecule has 0 radical (unpaired) electrons. The highest BCUT2D eigenvalue weighted by Crippen LogP contribution is 2.30. The fourth-order valence-electron chi connectivity index (χ4n) is 4.55. The van der Waals surface area contributed by atoms with Gasteiger partial charge in [-0.3, -0.25) is 19.0 Å². The number of para-hydroxylation sites is 1. The Morgan fingerprint density at radius 2 is 1.69 bits per heavy atom. The van der Waals surface area contributed by atoms with Crippen LogP contribution in [0, 0.1) is 17.6 Å². The maximum Gasteiger partial charge on any atom is 0.307 e. The highest BCUT2D eigenvalue weighted by molar-refractivity contribution is 5.83. The quantitative estimate of drug-likeness (QED) is 0.293. The molecule has 0 aliphatic rings. The van der Waals surface area contributed by atoms with Crippen molar-refractivity contribution in [2.24, 2.45) is 5.92 Å². The van der Waals surface area contributed by atoms with Gasteiger partial charge in [-0.1, -0.05) is 50.2 Å². The number of benzene rings is 3. The Morgan fingerprint density at radius 3 is 2.38 bits per heavy atom. The maximum atomic E-state index is 14.5. The first kappa shape index (κ1) is 27.6. The highest BCUT2D eigenvalue weighted by atomic mass is 19.1. The molecule has 0 spiro atoms. The number of esters is 1. The molecule has 3 aromatic carbocycles. The maximum absolute atomic E-state index is 14.5. The second kappa shape index (κ2) is 12.0. The molecule has 0 fully saturated rings. The highest BCUT2D eigenvalue weighted by Gasteiger charge is 2.28. The van der Waals surface area contributed by atoms with Crippen LogP contribution in [0.1, 0.15) is 44.3 Å². The molecule has 1 amide bonds. The molecule has 9 heteroatoms. The third-order valence-electron chi connectivity index (χ3n) is 6.48. The molecule has 1 N–H and O–H groups in total. The summed E-state index contributed by atoms with van der Waals surface area (Å²) in [5.74, 6) is -2.51. The van der Waals surface area contributed by atoms with Gasteiger partial charge in [-0.05, 0) is 53.8 Å². The Balaban J connectivity index is 1.73. The average molecular weight is 534 g/mol. The van der Waals surface area contributed by atoms with E-state index in [0.29, 0.717) is 22.9 Å². The lowest BCUT2D eigenvalue weighted by atomic mass is 9.96. The number of hydrogen-bond donors (Lipinski definition) is 1. The van der Waals surface area contributed by atoms with Crippen molar-refractivity contribution < 1.29 is 23.1 Å². The minimum absolute atomic E-state index is 0.0468. The molecule has 0 aliphatic carbocycles. The number of carbonyl (C=O) groups excluding carboxylic acids is 2. The summed E-state index contributed by atoms with van der Waals surface area (Å²) in [6.45, 7) is 3.86. The van der Waals surface area contributed by atoms with Crippen molar-refractivity contribution in [1.82, 2.24) is 14.9 Å². The van der Waals surface area contributed by atoms with Crippen LogP contribution in [0.2, 0.25) is 0 Å². The van der Waals surface area contributed by atoms with E-state index in [1.165, 1.54) is 30.1 Å². The molecule has 7 nitrogen and oxygen atoms in total. The predicted octanol–water partition coefficient (Wildman–Crippen LogP) is 5.35. The van der Waals surface area contributed by atoms with Crippen LogP contribution in [0.15, 0.2) is 77.9 Å². The molecule has 4 rings (SSSR count). The van der Waals surface area contributed by atoms with Crippen molar-refractivity contribution in [2.45, 2.75) is 38.8 Å². The van der Waals surface area contributed by atoms with Crippen LogP contribution in [0.4, 0.5) is 8.78 Å². The first-order chi connectivity index (χ1) is 18.7. The van der Waals surface area contributed by atoms with Crippen LogP contribution >= 0.6 is 0 Å². The molecule has 1 aromatic heterocycles. The molecule has 4 aromatic rings. The summed E-state index contributed by atoms with van der Waals surface area (Å²) in [4.78, 5) is 43.7. The molecule has 202 valence electrons. The van der Waals surface area contributed by atoms with Crippen molar-refractivity contribution in [1.29, 1.82) is 0 Å². The van der Waals surface area contributed by atoms with Crippen LogP contribution in [0.5, 0.6) is 0 Å². The minimum Gasteiger partial charge on any atom is -0.469 e. The molecular formula is C30H29F2N3O4. The second-order valence-corrected chi connectivity index (χ2v) is 9.68. The van der Waals surface area contributed by atoms with E-state index in [2.05, 4.69) is 10.3 Å². The Hall–Kier alpha value is -4.40. The van der Waals surface area contributed by atoms with Crippen molar-refractivity contribution >= 4 is 22.8 Å². The van der Waals surface area contributed by atoms with Gasteiger partial charge < -0.3 is 10.1 Å². The van der Waals surface area contributed by atoms with E-state index in [4.69, 9.17) is 4.74 Å². The molecule has 0 saturated carbocycles. The molecule has 2 unspecified atom stereocenters. The lowest BCUT2D eigenvalue weighted by molar-refractivity contribution is -0.141. The first-order valence-electron chi connectivity index (χ1n) is 12.6. The van der Waals surface area contributed by atoms with E-state index in [1.54, 1.807) is 42.5 Å². The number of ether oxygens (including phenoxy) is 1. The van der Waals surface area contributed by atoms with E-state index < -0.39 is 35.6 Å². The van der Waals surface area contributed by atoms with E-state index in [9.17, 15) is 23.2 Å². The smallest absolute Gasteiger partial charge is 0.307 e. The van der Waals surface area contributed by atoms with E-state index >= 15 is 0 Å². The van der Waals surface area contributed by atoms with Crippen LogP contribution < -0.4 is 10.9 Å². The SMILES string of the molecule is COC(=O)CC(NC(=O)C(CC(C)C)n1cnc2ccccc2c1=O)c1cccc(-c2c(F)cccc2F)c1. The Labute approximate surface area is 224 Å². The van der Waals surface area contributed by atoms with E-state index in [0.717, 1.165) is 12.1 Å². The number of nitrogens with one attached hydrogen (secondary N) is 1. The van der Waals surface area contributed by atoms with Gasteiger partial charge in [0.1, 0.15) is 17.7 Å². The zero-order valence-electron chi connectivity index (χ0n) is 21.9. The molecule has 0 aliphatic heterocycles. The number of amides is 1. The van der Waals surface area contributed by atoms with Gasteiger partial charge in [0.2, 0.25) is 5.91 Å². The fourth-order valence-corrected chi connectivity index (χ4v) is 4.55. The van der Waals surface area contributed by atoms with E-state index in [-0.39, 0.29) is 29.0 Å². The molecule has 0 saturated heterocycles. The Morgan fingerprint density at radius 1 is 1.00 bits per heavy atom. The Bertz CT molecular complexity index is 1550. The fraction of sp³-hybridized carbons (Fsp3) is 0.267. The van der Waals surface area contributed by atoms with Crippen molar-refractivity contribution in [3.63, 3.8) is 0 Å². The summed E-state index contributed by atoms with van der Waals surface area (Å²) in [5.41, 5.74) is 0.641. The number of nitrogens with zero attached hydrogens (tertiary/aromatic N) is 2. The van der Waals surface area contributed by atoms with E-state index in [1.807, 2.05) is 13.8 Å². The van der Waals surface area contributed by atoms with Crippen molar-refractivity contribution in [2.75, 3.05) is 7.11 Å². The van der Waals surface area contributed by atoms with Gasteiger partial charge in [0.05, 0.1) is 42.4 Å². The molecule has 1 heterocycles. The molecule has 0 bridgehead atoms. The van der Waals surface area contributed by atoms with Crippen LogP contribution in [-0.4, -0.2) is 28.5 Å². The van der Waals surface area contributed by atoms with Crippen molar-refractivity contribution in [3.05, 3.63) is 101 Å². The summed E-state index contributed by atoms with van der Waals surface area (Å²) >= 11 is 0. The number of rotatable bonds is 9. The Kier molecular flexibility index (Phi) is 8.49. The lowest BCUT2D eigenvalue weighted by Gasteiger charge is -2.25.